The first-order valence-corrected chi connectivity index (χ1v) is 6.99. The number of nitrogens with zero attached hydrogens (tertiary/aromatic N) is 1. The summed E-state index contributed by atoms with van der Waals surface area (Å²) in [5.74, 6) is -0.275. The number of ether oxygens (including phenoxy) is 2. The lowest BCUT2D eigenvalue weighted by Gasteiger charge is -2.45. The summed E-state index contributed by atoms with van der Waals surface area (Å²) in [6.07, 6.45) is 5.33. The van der Waals surface area contributed by atoms with E-state index in [1.54, 1.807) is 7.11 Å². The Balaban J connectivity index is 1.69. The Labute approximate surface area is 109 Å². The van der Waals surface area contributed by atoms with Crippen LogP contribution >= 0.6 is 0 Å². The zero-order valence-electron chi connectivity index (χ0n) is 11.4. The van der Waals surface area contributed by atoms with E-state index in [1.165, 1.54) is 0 Å². The van der Waals surface area contributed by atoms with E-state index < -0.39 is 0 Å². The lowest BCUT2D eigenvalue weighted by Crippen LogP contribution is -2.50. The van der Waals surface area contributed by atoms with Gasteiger partial charge < -0.3 is 19.6 Å². The van der Waals surface area contributed by atoms with Crippen LogP contribution in [0.2, 0.25) is 0 Å². The highest BCUT2D eigenvalue weighted by molar-refractivity contribution is 5.03. The molecule has 2 spiro atoms. The van der Waals surface area contributed by atoms with Crippen LogP contribution in [-0.2, 0) is 14.3 Å². The first-order valence-electron chi connectivity index (χ1n) is 6.99. The zero-order chi connectivity index (χ0) is 12.6. The van der Waals surface area contributed by atoms with Gasteiger partial charge in [0.1, 0.15) is 0 Å². The monoisotopic (exact) mass is 256 g/mol. The van der Waals surface area contributed by atoms with E-state index in [-0.39, 0.29) is 11.3 Å². The van der Waals surface area contributed by atoms with E-state index in [0.29, 0.717) is 6.04 Å². The number of likely N-dealkylation sites (N-methyl/N-ethyl adjacent to an activating group) is 1. The summed E-state index contributed by atoms with van der Waals surface area (Å²) in [6.45, 7) is 2.47. The van der Waals surface area contributed by atoms with E-state index in [4.69, 9.17) is 14.3 Å². The SMILES string of the molecule is CN[C@@H]1CN(OC)C2(CCC3(CC2)OCCO3)C1. The van der Waals surface area contributed by atoms with Crippen LogP contribution in [0.4, 0.5) is 0 Å². The van der Waals surface area contributed by atoms with Gasteiger partial charge >= 0.3 is 0 Å². The molecule has 0 aromatic rings. The first kappa shape index (κ1) is 12.8. The van der Waals surface area contributed by atoms with Crippen LogP contribution in [0.15, 0.2) is 0 Å². The summed E-state index contributed by atoms with van der Waals surface area (Å²) in [6, 6.07) is 0.532. The number of hydrogen-bond donors (Lipinski definition) is 1. The largest absolute Gasteiger partial charge is 0.348 e. The molecule has 1 N–H and O–H groups in total. The molecule has 2 aliphatic heterocycles. The highest BCUT2D eigenvalue weighted by Gasteiger charge is 2.52. The van der Waals surface area contributed by atoms with Gasteiger partial charge in [0.15, 0.2) is 5.79 Å². The van der Waals surface area contributed by atoms with Crippen LogP contribution in [0.1, 0.15) is 32.1 Å². The molecule has 3 aliphatic rings. The molecule has 0 radical (unpaired) electrons. The molecule has 0 amide bonds. The van der Waals surface area contributed by atoms with E-state index >= 15 is 0 Å². The molecule has 3 rings (SSSR count). The third-order valence-corrected chi connectivity index (χ3v) is 4.93. The van der Waals surface area contributed by atoms with Crippen molar-refractivity contribution in [2.45, 2.75) is 49.5 Å². The van der Waals surface area contributed by atoms with Gasteiger partial charge in [-0.3, -0.25) is 0 Å². The van der Waals surface area contributed by atoms with Gasteiger partial charge in [0.05, 0.1) is 20.3 Å². The Morgan fingerprint density at radius 2 is 1.83 bits per heavy atom. The van der Waals surface area contributed by atoms with Gasteiger partial charge in [0.25, 0.3) is 0 Å². The molecule has 0 aromatic heterocycles. The molecule has 2 heterocycles. The second kappa shape index (κ2) is 4.72. The second-order valence-corrected chi connectivity index (χ2v) is 5.77. The minimum atomic E-state index is -0.275. The molecule has 18 heavy (non-hydrogen) atoms. The predicted octanol–water partition coefficient (Wildman–Crippen LogP) is 0.897. The molecule has 2 saturated heterocycles. The smallest absolute Gasteiger partial charge is 0.168 e. The molecule has 0 unspecified atom stereocenters. The van der Waals surface area contributed by atoms with Gasteiger partial charge in [-0.25, -0.2) is 0 Å². The van der Waals surface area contributed by atoms with Crippen LogP contribution in [0.25, 0.3) is 0 Å². The quantitative estimate of drug-likeness (QED) is 0.795. The van der Waals surface area contributed by atoms with Crippen molar-refractivity contribution >= 4 is 0 Å². The van der Waals surface area contributed by atoms with E-state index in [0.717, 1.165) is 51.9 Å². The summed E-state index contributed by atoms with van der Waals surface area (Å²) in [7, 11) is 3.82. The van der Waals surface area contributed by atoms with E-state index in [9.17, 15) is 0 Å². The predicted molar refractivity (Wildman–Crippen MR) is 67.0 cm³/mol. The number of rotatable bonds is 2. The van der Waals surface area contributed by atoms with Gasteiger partial charge in [-0.15, -0.1) is 0 Å². The lowest BCUT2D eigenvalue weighted by molar-refractivity contribution is -0.234. The van der Waals surface area contributed by atoms with Crippen molar-refractivity contribution in [3.05, 3.63) is 0 Å². The van der Waals surface area contributed by atoms with Crippen LogP contribution in [0.3, 0.4) is 0 Å². The van der Waals surface area contributed by atoms with Crippen molar-refractivity contribution < 1.29 is 14.3 Å². The highest BCUT2D eigenvalue weighted by Crippen LogP contribution is 2.47. The molecule has 0 aromatic carbocycles. The van der Waals surface area contributed by atoms with Gasteiger partial charge in [0.2, 0.25) is 0 Å². The molecule has 0 bridgehead atoms. The van der Waals surface area contributed by atoms with Gasteiger partial charge in [-0.1, -0.05) is 0 Å². The fourth-order valence-electron chi connectivity index (χ4n) is 3.82. The number of nitrogens with one attached hydrogen (secondary N) is 1. The standard InChI is InChI=1S/C13H24N2O3/c1-14-11-9-12(15(10-11)16-2)3-5-13(6-4-12)17-7-8-18-13/h11,14H,3-10H2,1-2H3/t11-/m0/s1. The fraction of sp³-hybridized carbons (Fsp3) is 1.00. The normalized spacial score (nSPS) is 34.7. The van der Waals surface area contributed by atoms with Gasteiger partial charge in [0, 0.05) is 31.0 Å². The van der Waals surface area contributed by atoms with Crippen molar-refractivity contribution in [2.24, 2.45) is 0 Å². The summed E-state index contributed by atoms with van der Waals surface area (Å²) in [5, 5.41) is 5.55. The molecular weight excluding hydrogens is 232 g/mol. The van der Waals surface area contributed by atoms with Crippen molar-refractivity contribution in [1.82, 2.24) is 10.4 Å². The maximum absolute atomic E-state index is 5.81. The minimum absolute atomic E-state index is 0.184. The topological polar surface area (TPSA) is 43.0 Å². The van der Waals surface area contributed by atoms with Crippen molar-refractivity contribution in [2.75, 3.05) is 33.9 Å². The molecule has 5 nitrogen and oxygen atoms in total. The van der Waals surface area contributed by atoms with Gasteiger partial charge in [-0.05, 0) is 26.3 Å². The van der Waals surface area contributed by atoms with E-state index in [1.807, 2.05) is 7.05 Å². The summed E-state index contributed by atoms with van der Waals surface area (Å²) < 4.78 is 11.6. The highest BCUT2D eigenvalue weighted by atomic mass is 16.7. The fourth-order valence-corrected chi connectivity index (χ4v) is 3.82. The van der Waals surface area contributed by atoms with Crippen LogP contribution < -0.4 is 5.32 Å². The Morgan fingerprint density at radius 3 is 2.39 bits per heavy atom. The summed E-state index contributed by atoms with van der Waals surface area (Å²) in [5.41, 5.74) is 0.184. The third kappa shape index (κ3) is 1.98. The Hall–Kier alpha value is -0.200. The summed E-state index contributed by atoms with van der Waals surface area (Å²) >= 11 is 0. The zero-order valence-corrected chi connectivity index (χ0v) is 11.4. The van der Waals surface area contributed by atoms with E-state index in [2.05, 4.69) is 10.4 Å². The molecule has 1 atom stereocenters. The molecule has 104 valence electrons. The van der Waals surface area contributed by atoms with Crippen LogP contribution in [-0.4, -0.2) is 56.3 Å². The summed E-state index contributed by atoms with van der Waals surface area (Å²) in [4.78, 5) is 5.60. The van der Waals surface area contributed by atoms with Crippen molar-refractivity contribution in [1.29, 1.82) is 0 Å². The molecular formula is C13H24N2O3. The molecule has 3 fully saturated rings. The van der Waals surface area contributed by atoms with Crippen molar-refractivity contribution in [3.63, 3.8) is 0 Å². The number of hydroxylamine groups is 2. The first-order chi connectivity index (χ1) is 8.72. The second-order valence-electron chi connectivity index (χ2n) is 5.77. The number of hydrogen-bond acceptors (Lipinski definition) is 5. The Morgan fingerprint density at radius 1 is 1.17 bits per heavy atom. The average Bonchev–Trinajstić information content (AvgIpc) is 2.99. The van der Waals surface area contributed by atoms with Crippen LogP contribution in [0.5, 0.6) is 0 Å². The van der Waals surface area contributed by atoms with Crippen molar-refractivity contribution in [3.8, 4) is 0 Å². The molecule has 1 saturated carbocycles. The Bertz CT molecular complexity index is 295. The average molecular weight is 256 g/mol. The van der Waals surface area contributed by atoms with Crippen LogP contribution in [0, 0.1) is 0 Å². The third-order valence-electron chi connectivity index (χ3n) is 4.93. The maximum atomic E-state index is 5.81. The Kier molecular flexibility index (Phi) is 3.36. The minimum Gasteiger partial charge on any atom is -0.348 e. The van der Waals surface area contributed by atoms with Gasteiger partial charge in [-0.2, -0.15) is 5.06 Å². The molecule has 5 heteroatoms. The molecule has 1 aliphatic carbocycles. The maximum Gasteiger partial charge on any atom is 0.168 e. The lowest BCUT2D eigenvalue weighted by atomic mass is 9.77.